The van der Waals surface area contributed by atoms with Gasteiger partial charge in [-0.1, -0.05) is 76.8 Å². The molecule has 0 bridgehead atoms. The third kappa shape index (κ3) is 10.0. The zero-order valence-corrected chi connectivity index (χ0v) is 17.9. The largest absolute Gasteiger partial charge is 1.00 e. The molecule has 0 radical (unpaired) electrons. The van der Waals surface area contributed by atoms with Crippen LogP contribution in [0.4, 0.5) is 0 Å². The van der Waals surface area contributed by atoms with E-state index in [2.05, 4.69) is 6.92 Å². The molecule has 4 nitrogen and oxygen atoms in total. The number of unbranched alkanes of at least 4 members (excludes halogenated alkanes) is 9. The van der Waals surface area contributed by atoms with Crippen LogP contribution >= 0.6 is 0 Å². The first-order chi connectivity index (χ1) is 10.9. The van der Waals surface area contributed by atoms with Crippen LogP contribution in [0.1, 0.15) is 76.7 Å². The Morgan fingerprint density at radius 3 is 1.92 bits per heavy atom. The molecule has 0 aromatic heterocycles. The van der Waals surface area contributed by atoms with Crippen LogP contribution < -0.4 is 34.7 Å². The smallest absolute Gasteiger partial charge is 0.872 e. The van der Waals surface area contributed by atoms with E-state index < -0.39 is 15.9 Å². The van der Waals surface area contributed by atoms with Crippen LogP contribution in [0.15, 0.2) is 23.1 Å². The summed E-state index contributed by atoms with van der Waals surface area (Å²) in [4.78, 5) is -0.235. The van der Waals surface area contributed by atoms with Gasteiger partial charge in [-0.05, 0) is 24.5 Å². The summed E-state index contributed by atoms with van der Waals surface area (Å²) in [5.41, 5.74) is 0.534. The first-order valence-corrected chi connectivity index (χ1v) is 10.2. The third-order valence-electron chi connectivity index (χ3n) is 4.12. The Labute approximate surface area is 169 Å². The molecular weight excluding hydrogens is 335 g/mol. The van der Waals surface area contributed by atoms with Gasteiger partial charge in [-0.15, -0.1) is 5.75 Å². The maximum atomic E-state index is 11.3. The molecule has 0 spiro atoms. The van der Waals surface area contributed by atoms with Crippen molar-refractivity contribution in [2.24, 2.45) is 0 Å². The first kappa shape index (κ1) is 23.9. The topological polar surface area (TPSA) is 77.4 Å². The number of hydrogen-bond donors (Lipinski definition) is 1. The van der Waals surface area contributed by atoms with Gasteiger partial charge in [0.2, 0.25) is 0 Å². The minimum absolute atomic E-state index is 0. The van der Waals surface area contributed by atoms with Gasteiger partial charge in [-0.25, -0.2) is 0 Å². The summed E-state index contributed by atoms with van der Waals surface area (Å²) in [6, 6.07) is 3.86. The van der Waals surface area contributed by atoms with Gasteiger partial charge >= 0.3 is 29.6 Å². The van der Waals surface area contributed by atoms with E-state index in [1.807, 2.05) is 0 Å². The predicted molar refractivity (Wildman–Crippen MR) is 91.3 cm³/mol. The van der Waals surface area contributed by atoms with E-state index in [0.29, 0.717) is 12.0 Å². The molecule has 0 aliphatic rings. The molecule has 1 N–H and O–H groups in total. The van der Waals surface area contributed by atoms with Crippen molar-refractivity contribution in [1.29, 1.82) is 0 Å². The Hall–Kier alpha value is -0.0700. The predicted octanol–water partition coefficient (Wildman–Crippen LogP) is 1.47. The van der Waals surface area contributed by atoms with E-state index in [-0.39, 0.29) is 34.5 Å². The van der Waals surface area contributed by atoms with Crippen molar-refractivity contribution in [3.63, 3.8) is 0 Å². The fourth-order valence-corrected chi connectivity index (χ4v) is 3.55. The normalized spacial score (nSPS) is 11.2. The van der Waals surface area contributed by atoms with Crippen molar-refractivity contribution in [2.45, 2.75) is 82.4 Å². The standard InChI is InChI=1S/C18H30O4S.Na/c1-2-3-4-5-6-7-8-9-10-11-12-16-13-14-17(19)15-18(16)23(20,21)22;/h13-15,19H,2-12H2,1H3,(H,20,21,22);/q;+1/p-1. The van der Waals surface area contributed by atoms with Crippen LogP contribution in [0.3, 0.4) is 0 Å². The minimum Gasteiger partial charge on any atom is -0.872 e. The molecule has 0 saturated carbocycles. The van der Waals surface area contributed by atoms with Crippen LogP contribution in [0.5, 0.6) is 5.75 Å². The van der Waals surface area contributed by atoms with Crippen LogP contribution in [0.2, 0.25) is 0 Å². The van der Waals surface area contributed by atoms with Crippen LogP contribution in [0, 0.1) is 0 Å². The number of benzene rings is 1. The van der Waals surface area contributed by atoms with Crippen LogP contribution in [-0.2, 0) is 16.5 Å². The second-order valence-electron chi connectivity index (χ2n) is 6.18. The number of hydrogen-bond acceptors (Lipinski definition) is 3. The molecule has 0 amide bonds. The van der Waals surface area contributed by atoms with E-state index in [0.717, 1.165) is 25.3 Å². The monoisotopic (exact) mass is 364 g/mol. The van der Waals surface area contributed by atoms with Gasteiger partial charge in [0.05, 0.1) is 4.90 Å². The quantitative estimate of drug-likeness (QED) is 0.346. The zero-order valence-electron chi connectivity index (χ0n) is 15.1. The molecule has 1 rings (SSSR count). The first-order valence-electron chi connectivity index (χ1n) is 8.72. The van der Waals surface area contributed by atoms with Crippen molar-refractivity contribution in [3.8, 4) is 5.75 Å². The second-order valence-corrected chi connectivity index (χ2v) is 7.57. The van der Waals surface area contributed by atoms with Crippen LogP contribution in [0.25, 0.3) is 0 Å². The molecule has 24 heavy (non-hydrogen) atoms. The Kier molecular flexibility index (Phi) is 13.1. The minimum atomic E-state index is -4.32. The van der Waals surface area contributed by atoms with E-state index in [1.165, 1.54) is 57.1 Å². The maximum absolute atomic E-state index is 11.3. The maximum Gasteiger partial charge on any atom is 1.00 e. The van der Waals surface area contributed by atoms with Gasteiger partial charge < -0.3 is 5.11 Å². The fourth-order valence-electron chi connectivity index (χ4n) is 2.78. The Balaban J connectivity index is 0.00000529. The number of rotatable bonds is 12. The van der Waals surface area contributed by atoms with E-state index in [1.54, 1.807) is 0 Å². The molecule has 0 saturated heterocycles. The van der Waals surface area contributed by atoms with Crippen molar-refractivity contribution in [1.82, 2.24) is 0 Å². The SMILES string of the molecule is CCCCCCCCCCCCc1ccc([O-])cc1S(=O)(=O)O.[Na+]. The van der Waals surface area contributed by atoms with Crippen molar-refractivity contribution < 1.29 is 47.6 Å². The summed E-state index contributed by atoms with van der Waals surface area (Å²) >= 11 is 0. The molecule has 0 heterocycles. The van der Waals surface area contributed by atoms with Gasteiger partial charge in [0.15, 0.2) is 0 Å². The van der Waals surface area contributed by atoms with Crippen LogP contribution in [-0.4, -0.2) is 13.0 Å². The Bertz CT molecular complexity index is 558. The van der Waals surface area contributed by atoms with Crippen molar-refractivity contribution in [3.05, 3.63) is 23.8 Å². The average molecular weight is 364 g/mol. The second kappa shape index (κ2) is 13.2. The Morgan fingerprint density at radius 1 is 0.917 bits per heavy atom. The summed E-state index contributed by atoms with van der Waals surface area (Å²) in [7, 11) is -4.32. The fraction of sp³-hybridized carbons (Fsp3) is 0.667. The summed E-state index contributed by atoms with van der Waals surface area (Å²) < 4.78 is 31.8. The third-order valence-corrected chi connectivity index (χ3v) is 5.05. The summed E-state index contributed by atoms with van der Waals surface area (Å²) in [5.74, 6) is -0.399. The molecule has 6 heteroatoms. The van der Waals surface area contributed by atoms with E-state index in [9.17, 15) is 18.1 Å². The summed E-state index contributed by atoms with van der Waals surface area (Å²) in [6.07, 6.45) is 12.7. The molecule has 1 aromatic rings. The zero-order chi connectivity index (χ0) is 17.1. The molecule has 1 aromatic carbocycles. The molecule has 132 valence electrons. The van der Waals surface area contributed by atoms with Gasteiger partial charge in [0.1, 0.15) is 0 Å². The van der Waals surface area contributed by atoms with E-state index in [4.69, 9.17) is 0 Å². The van der Waals surface area contributed by atoms with Crippen molar-refractivity contribution >= 4 is 10.1 Å². The van der Waals surface area contributed by atoms with E-state index >= 15 is 0 Å². The summed E-state index contributed by atoms with van der Waals surface area (Å²) in [5, 5.41) is 11.3. The molecular formula is C18H29NaO4S. The molecule has 0 atom stereocenters. The Morgan fingerprint density at radius 2 is 1.42 bits per heavy atom. The van der Waals surface area contributed by atoms with Gasteiger partial charge in [-0.3, -0.25) is 4.55 Å². The van der Waals surface area contributed by atoms with Gasteiger partial charge in [-0.2, -0.15) is 8.42 Å². The average Bonchev–Trinajstić information content (AvgIpc) is 2.49. The molecule has 0 unspecified atom stereocenters. The molecule has 0 aliphatic carbocycles. The van der Waals surface area contributed by atoms with Gasteiger partial charge in [0.25, 0.3) is 10.1 Å². The van der Waals surface area contributed by atoms with Crippen molar-refractivity contribution in [2.75, 3.05) is 0 Å². The molecule has 0 fully saturated rings. The summed E-state index contributed by atoms with van der Waals surface area (Å²) in [6.45, 7) is 2.22. The molecule has 0 aliphatic heterocycles. The van der Waals surface area contributed by atoms with Gasteiger partial charge in [0, 0.05) is 0 Å². The number of aryl methyl sites for hydroxylation is 1.